The molecule has 17 heavy (non-hydrogen) atoms. The van der Waals surface area contributed by atoms with Crippen LogP contribution in [-0.4, -0.2) is 46.6 Å². The molecule has 2 N–H and O–H groups in total. The van der Waals surface area contributed by atoms with Gasteiger partial charge in [-0.05, 0) is 6.07 Å². The van der Waals surface area contributed by atoms with E-state index in [0.29, 0.717) is 5.82 Å². The van der Waals surface area contributed by atoms with E-state index >= 15 is 0 Å². The molecular formula is C10H13N3O4. The van der Waals surface area contributed by atoms with Gasteiger partial charge >= 0.3 is 5.69 Å². The van der Waals surface area contributed by atoms with Crippen molar-refractivity contribution in [3.05, 3.63) is 22.7 Å². The number of fused-ring (bicyclic) bond motifs is 1. The molecule has 1 aromatic rings. The highest BCUT2D eigenvalue weighted by Gasteiger charge is 2.58. The maximum absolute atomic E-state index is 11.8. The Morgan fingerprint density at radius 2 is 2.35 bits per heavy atom. The molecule has 0 radical (unpaired) electrons. The van der Waals surface area contributed by atoms with Crippen molar-refractivity contribution in [1.29, 1.82) is 0 Å². The van der Waals surface area contributed by atoms with Crippen LogP contribution < -0.4 is 11.0 Å². The number of hydrogen-bond acceptors (Lipinski definition) is 6. The molecule has 1 aromatic heterocycles. The Balaban J connectivity index is 1.88. The molecule has 0 aliphatic carbocycles. The number of aromatic nitrogens is 2. The molecule has 2 saturated heterocycles. The zero-order chi connectivity index (χ0) is 12.0. The lowest BCUT2D eigenvalue weighted by molar-refractivity contribution is -0.0855. The zero-order valence-corrected chi connectivity index (χ0v) is 9.24. The van der Waals surface area contributed by atoms with Crippen LogP contribution in [0.4, 0.5) is 5.82 Å². The van der Waals surface area contributed by atoms with Crippen molar-refractivity contribution in [1.82, 2.24) is 9.55 Å². The van der Waals surface area contributed by atoms with Gasteiger partial charge in [-0.3, -0.25) is 4.57 Å². The van der Waals surface area contributed by atoms with E-state index < -0.39 is 11.9 Å². The van der Waals surface area contributed by atoms with Gasteiger partial charge in [-0.15, -0.1) is 0 Å². The maximum Gasteiger partial charge on any atom is 0.351 e. The summed E-state index contributed by atoms with van der Waals surface area (Å²) in [5, 5.41) is 11.9. The Hall–Kier alpha value is -1.44. The van der Waals surface area contributed by atoms with Crippen LogP contribution in [0.25, 0.3) is 0 Å². The lowest BCUT2D eigenvalue weighted by Gasteiger charge is -2.17. The summed E-state index contributed by atoms with van der Waals surface area (Å²) in [5.41, 5.74) is -0.394. The molecular weight excluding hydrogens is 226 g/mol. The smallest absolute Gasteiger partial charge is 0.351 e. The van der Waals surface area contributed by atoms with Crippen molar-refractivity contribution >= 4 is 5.82 Å². The largest absolute Gasteiger partial charge is 0.394 e. The van der Waals surface area contributed by atoms with E-state index in [1.807, 2.05) is 0 Å². The number of aliphatic hydroxyl groups excluding tert-OH is 1. The van der Waals surface area contributed by atoms with Crippen LogP contribution in [0.15, 0.2) is 17.1 Å². The van der Waals surface area contributed by atoms with Crippen LogP contribution in [0.3, 0.4) is 0 Å². The molecule has 2 fully saturated rings. The van der Waals surface area contributed by atoms with E-state index in [0.717, 1.165) is 0 Å². The molecule has 0 unspecified atom stereocenters. The molecule has 2 aliphatic rings. The molecule has 7 nitrogen and oxygen atoms in total. The van der Waals surface area contributed by atoms with E-state index in [-0.39, 0.29) is 24.9 Å². The van der Waals surface area contributed by atoms with E-state index in [9.17, 15) is 4.79 Å². The summed E-state index contributed by atoms with van der Waals surface area (Å²) in [7, 11) is 1.69. The fraction of sp³-hybridized carbons (Fsp3) is 0.600. The second kappa shape index (κ2) is 3.80. The van der Waals surface area contributed by atoms with Gasteiger partial charge in [0.1, 0.15) is 24.1 Å². The summed E-state index contributed by atoms with van der Waals surface area (Å²) in [4.78, 5) is 15.6. The van der Waals surface area contributed by atoms with Crippen molar-refractivity contribution in [2.45, 2.75) is 24.5 Å². The lowest BCUT2D eigenvalue weighted by atomic mass is 10.2. The predicted octanol–water partition coefficient (Wildman–Crippen LogP) is -1.06. The van der Waals surface area contributed by atoms with Gasteiger partial charge in [0.05, 0.1) is 6.61 Å². The highest BCUT2D eigenvalue weighted by atomic mass is 16.7. The molecule has 2 aliphatic heterocycles. The molecule has 0 saturated carbocycles. The molecule has 3 rings (SSSR count). The first-order valence-electron chi connectivity index (χ1n) is 5.43. The third-order valence-corrected chi connectivity index (χ3v) is 3.06. The lowest BCUT2D eigenvalue weighted by Crippen LogP contribution is -2.31. The topological polar surface area (TPSA) is 88.9 Å². The van der Waals surface area contributed by atoms with Gasteiger partial charge in [-0.2, -0.15) is 4.98 Å². The number of epoxide rings is 1. The predicted molar refractivity (Wildman–Crippen MR) is 57.7 cm³/mol. The molecule has 0 spiro atoms. The molecule has 7 heteroatoms. The molecule has 4 atom stereocenters. The first kappa shape index (κ1) is 10.7. The summed E-state index contributed by atoms with van der Waals surface area (Å²) in [5.74, 6) is 0.510. The third-order valence-electron chi connectivity index (χ3n) is 3.06. The molecule has 0 amide bonds. The van der Waals surface area contributed by atoms with Gasteiger partial charge in [0, 0.05) is 13.2 Å². The summed E-state index contributed by atoms with van der Waals surface area (Å²) < 4.78 is 12.3. The van der Waals surface area contributed by atoms with Crippen LogP contribution >= 0.6 is 0 Å². The second-order valence-corrected chi connectivity index (χ2v) is 4.07. The van der Waals surface area contributed by atoms with E-state index in [2.05, 4.69) is 10.3 Å². The van der Waals surface area contributed by atoms with Crippen molar-refractivity contribution in [2.24, 2.45) is 0 Å². The maximum atomic E-state index is 11.8. The monoisotopic (exact) mass is 239 g/mol. The van der Waals surface area contributed by atoms with Gasteiger partial charge in [-0.25, -0.2) is 4.79 Å². The summed E-state index contributed by atoms with van der Waals surface area (Å²) in [6.07, 6.45) is 0.543. The van der Waals surface area contributed by atoms with Gasteiger partial charge in [0.15, 0.2) is 6.23 Å². The summed E-state index contributed by atoms with van der Waals surface area (Å²) in [6, 6.07) is 1.69. The van der Waals surface area contributed by atoms with Crippen molar-refractivity contribution in [2.75, 3.05) is 19.0 Å². The fourth-order valence-corrected chi connectivity index (χ4v) is 2.12. The number of nitrogens with zero attached hydrogens (tertiary/aromatic N) is 2. The molecule has 92 valence electrons. The normalized spacial score (nSPS) is 34.5. The van der Waals surface area contributed by atoms with Crippen LogP contribution in [0.1, 0.15) is 6.23 Å². The number of ether oxygens (including phenoxy) is 2. The van der Waals surface area contributed by atoms with Crippen molar-refractivity contribution < 1.29 is 14.6 Å². The summed E-state index contributed by atoms with van der Waals surface area (Å²) in [6.45, 7) is -0.103. The number of rotatable bonds is 3. The average molecular weight is 239 g/mol. The van der Waals surface area contributed by atoms with Crippen LogP contribution in [0.2, 0.25) is 0 Å². The fourth-order valence-electron chi connectivity index (χ4n) is 2.12. The molecule has 3 heterocycles. The van der Waals surface area contributed by atoms with E-state index in [1.54, 1.807) is 19.3 Å². The minimum Gasteiger partial charge on any atom is -0.394 e. The molecule has 0 aromatic carbocycles. The standard InChI is InChI=1S/C10H13N3O4/c1-11-6-2-3-13(10(15)12-6)9-8-7(17-8)5(4-14)16-9/h2-3,5,7-9,14H,4H2,1H3,(H,11,12,15)/t5-,7+,8+,9-/m1/s1. The minimum absolute atomic E-state index is 0.0964. The van der Waals surface area contributed by atoms with E-state index in [4.69, 9.17) is 14.6 Å². The van der Waals surface area contributed by atoms with Crippen molar-refractivity contribution in [3.63, 3.8) is 0 Å². The Morgan fingerprint density at radius 1 is 1.53 bits per heavy atom. The van der Waals surface area contributed by atoms with Gasteiger partial charge in [-0.1, -0.05) is 0 Å². The van der Waals surface area contributed by atoms with Crippen LogP contribution in [0.5, 0.6) is 0 Å². The van der Waals surface area contributed by atoms with Crippen LogP contribution in [-0.2, 0) is 9.47 Å². The first-order valence-corrected chi connectivity index (χ1v) is 5.43. The Labute approximate surface area is 97.0 Å². The van der Waals surface area contributed by atoms with Gasteiger partial charge in [0.2, 0.25) is 0 Å². The quantitative estimate of drug-likeness (QED) is 0.654. The SMILES string of the molecule is CNc1ccn([C@@H]2O[C@H](CO)[C@@H]3O[C@@H]32)c(=O)n1. The summed E-state index contributed by atoms with van der Waals surface area (Å²) >= 11 is 0. The number of aliphatic hydroxyl groups is 1. The molecule has 0 bridgehead atoms. The van der Waals surface area contributed by atoms with Gasteiger partial charge < -0.3 is 19.9 Å². The average Bonchev–Trinajstić information content (AvgIpc) is 3.05. The minimum atomic E-state index is -0.483. The highest BCUT2D eigenvalue weighted by molar-refractivity contribution is 5.30. The first-order chi connectivity index (χ1) is 8.24. The Bertz CT molecular complexity index is 489. The number of anilines is 1. The van der Waals surface area contributed by atoms with E-state index in [1.165, 1.54) is 4.57 Å². The zero-order valence-electron chi connectivity index (χ0n) is 9.24. The Morgan fingerprint density at radius 3 is 2.94 bits per heavy atom. The second-order valence-electron chi connectivity index (χ2n) is 4.07. The number of nitrogens with one attached hydrogen (secondary N) is 1. The third kappa shape index (κ3) is 1.63. The van der Waals surface area contributed by atoms with Gasteiger partial charge in [0.25, 0.3) is 0 Å². The number of hydrogen-bond donors (Lipinski definition) is 2. The highest BCUT2D eigenvalue weighted by Crippen LogP contribution is 2.44. The van der Waals surface area contributed by atoms with Crippen LogP contribution in [0, 0.1) is 0 Å². The van der Waals surface area contributed by atoms with Crippen molar-refractivity contribution in [3.8, 4) is 0 Å². The Kier molecular flexibility index (Phi) is 2.39.